The van der Waals surface area contributed by atoms with Crippen LogP contribution in [0.15, 0.2) is 18.2 Å². The van der Waals surface area contributed by atoms with Gasteiger partial charge in [-0.2, -0.15) is 0 Å². The minimum atomic E-state index is -0.120. The van der Waals surface area contributed by atoms with Crippen LogP contribution in [0, 0.1) is 12.7 Å². The minimum absolute atomic E-state index is 0.120. The third-order valence-electron chi connectivity index (χ3n) is 3.16. The fourth-order valence-electron chi connectivity index (χ4n) is 2.10. The molecule has 0 spiro atoms. The smallest absolute Gasteiger partial charge is 0.126 e. The first kappa shape index (κ1) is 11.6. The van der Waals surface area contributed by atoms with Crippen molar-refractivity contribution in [2.75, 3.05) is 13.1 Å². The van der Waals surface area contributed by atoms with Gasteiger partial charge in [-0.3, -0.25) is 0 Å². The molecule has 0 saturated carbocycles. The zero-order chi connectivity index (χ0) is 11.4. The van der Waals surface area contributed by atoms with Crippen molar-refractivity contribution in [2.24, 2.45) is 0 Å². The van der Waals surface area contributed by atoms with Crippen LogP contribution in [0.2, 0.25) is 0 Å². The van der Waals surface area contributed by atoms with Gasteiger partial charge in [-0.15, -0.1) is 0 Å². The minimum Gasteiger partial charge on any atom is -0.317 e. The summed E-state index contributed by atoms with van der Waals surface area (Å²) in [5.41, 5.74) is 1.89. The Hall–Kier alpha value is -0.930. The molecule has 1 aliphatic rings. The van der Waals surface area contributed by atoms with Crippen LogP contribution in [0.5, 0.6) is 0 Å². The predicted molar refractivity (Wildman–Crippen MR) is 63.9 cm³/mol. The van der Waals surface area contributed by atoms with Crippen LogP contribution in [0.3, 0.4) is 0 Å². The van der Waals surface area contributed by atoms with E-state index in [0.29, 0.717) is 6.04 Å². The van der Waals surface area contributed by atoms with Crippen LogP contribution in [0.25, 0.3) is 0 Å². The Labute approximate surface area is 96.2 Å². The number of hydrogen-bond donors (Lipinski definition) is 2. The highest BCUT2D eigenvalue weighted by molar-refractivity contribution is 5.23. The van der Waals surface area contributed by atoms with E-state index in [-0.39, 0.29) is 5.82 Å². The molecule has 1 heterocycles. The van der Waals surface area contributed by atoms with Gasteiger partial charge in [0.05, 0.1) is 0 Å². The number of aryl methyl sites for hydroxylation is 1. The summed E-state index contributed by atoms with van der Waals surface area (Å²) in [6, 6.07) is 5.93. The number of nitrogens with one attached hydrogen (secondary N) is 2. The molecule has 2 N–H and O–H groups in total. The number of rotatable bonds is 3. The number of benzene rings is 1. The lowest BCUT2D eigenvalue weighted by Gasteiger charge is -2.23. The van der Waals surface area contributed by atoms with Crippen LogP contribution in [0.1, 0.15) is 24.0 Å². The van der Waals surface area contributed by atoms with Crippen molar-refractivity contribution in [1.29, 1.82) is 0 Å². The third kappa shape index (κ3) is 3.03. The summed E-state index contributed by atoms with van der Waals surface area (Å²) in [6.07, 6.45) is 2.36. The zero-order valence-electron chi connectivity index (χ0n) is 9.72. The second kappa shape index (κ2) is 5.41. The van der Waals surface area contributed by atoms with Crippen molar-refractivity contribution in [3.8, 4) is 0 Å². The zero-order valence-corrected chi connectivity index (χ0v) is 9.72. The molecule has 0 unspecified atom stereocenters. The van der Waals surface area contributed by atoms with Gasteiger partial charge in [-0.1, -0.05) is 12.1 Å². The highest BCUT2D eigenvalue weighted by Gasteiger charge is 2.11. The highest BCUT2D eigenvalue weighted by atomic mass is 19.1. The van der Waals surface area contributed by atoms with Crippen LogP contribution < -0.4 is 10.6 Å². The molecule has 0 aliphatic carbocycles. The van der Waals surface area contributed by atoms with E-state index in [1.807, 2.05) is 19.1 Å². The summed E-state index contributed by atoms with van der Waals surface area (Å²) in [7, 11) is 0. The van der Waals surface area contributed by atoms with Crippen molar-refractivity contribution in [1.82, 2.24) is 10.6 Å². The van der Waals surface area contributed by atoms with Gasteiger partial charge in [0.2, 0.25) is 0 Å². The number of piperidine rings is 1. The molecule has 1 saturated heterocycles. The van der Waals surface area contributed by atoms with Crippen LogP contribution in [-0.2, 0) is 6.54 Å². The normalized spacial score (nSPS) is 17.6. The number of hydrogen-bond acceptors (Lipinski definition) is 2. The molecule has 1 fully saturated rings. The lowest BCUT2D eigenvalue weighted by atomic mass is 10.1. The first-order valence-corrected chi connectivity index (χ1v) is 5.95. The van der Waals surface area contributed by atoms with Crippen LogP contribution in [-0.4, -0.2) is 19.1 Å². The van der Waals surface area contributed by atoms with Crippen molar-refractivity contribution in [3.05, 3.63) is 35.1 Å². The third-order valence-corrected chi connectivity index (χ3v) is 3.16. The van der Waals surface area contributed by atoms with Gasteiger partial charge < -0.3 is 10.6 Å². The van der Waals surface area contributed by atoms with E-state index in [1.165, 1.54) is 12.8 Å². The fraction of sp³-hybridized carbons (Fsp3) is 0.538. The molecule has 3 heteroatoms. The fourth-order valence-corrected chi connectivity index (χ4v) is 2.10. The molecule has 0 bridgehead atoms. The van der Waals surface area contributed by atoms with Crippen molar-refractivity contribution in [3.63, 3.8) is 0 Å². The summed E-state index contributed by atoms with van der Waals surface area (Å²) in [4.78, 5) is 0. The molecule has 0 radical (unpaired) electrons. The molecule has 0 atom stereocenters. The molecule has 1 aromatic rings. The Morgan fingerprint density at radius 1 is 1.38 bits per heavy atom. The van der Waals surface area contributed by atoms with Crippen LogP contribution >= 0.6 is 0 Å². The average molecular weight is 222 g/mol. The summed E-state index contributed by atoms with van der Waals surface area (Å²) < 4.78 is 13.1. The average Bonchev–Trinajstić information content (AvgIpc) is 2.32. The molecule has 2 rings (SSSR count). The summed E-state index contributed by atoms with van der Waals surface area (Å²) in [6.45, 7) is 4.84. The Balaban J connectivity index is 1.86. The maximum atomic E-state index is 13.1. The predicted octanol–water partition coefficient (Wildman–Crippen LogP) is 1.98. The van der Waals surface area contributed by atoms with E-state index in [0.717, 1.165) is 30.8 Å². The molecule has 0 amide bonds. The molecule has 0 aromatic heterocycles. The van der Waals surface area contributed by atoms with Gasteiger partial charge in [-0.25, -0.2) is 4.39 Å². The van der Waals surface area contributed by atoms with Crippen molar-refractivity contribution < 1.29 is 4.39 Å². The van der Waals surface area contributed by atoms with Gasteiger partial charge in [0.25, 0.3) is 0 Å². The van der Waals surface area contributed by atoms with E-state index >= 15 is 0 Å². The summed E-state index contributed by atoms with van der Waals surface area (Å²) >= 11 is 0. The molecular weight excluding hydrogens is 203 g/mol. The van der Waals surface area contributed by atoms with Gasteiger partial charge in [0.1, 0.15) is 5.82 Å². The van der Waals surface area contributed by atoms with E-state index < -0.39 is 0 Å². The van der Waals surface area contributed by atoms with Gasteiger partial charge in [0.15, 0.2) is 0 Å². The second-order valence-corrected chi connectivity index (χ2v) is 4.49. The Morgan fingerprint density at radius 3 is 2.81 bits per heavy atom. The Kier molecular flexibility index (Phi) is 3.91. The quantitative estimate of drug-likeness (QED) is 0.817. The SMILES string of the molecule is Cc1cc(CNC2CCNCC2)ccc1F. The first-order chi connectivity index (χ1) is 7.75. The maximum absolute atomic E-state index is 13.1. The Bertz CT molecular complexity index is 346. The monoisotopic (exact) mass is 222 g/mol. The van der Waals surface area contributed by atoms with E-state index in [2.05, 4.69) is 10.6 Å². The van der Waals surface area contributed by atoms with Crippen LogP contribution in [0.4, 0.5) is 4.39 Å². The highest BCUT2D eigenvalue weighted by Crippen LogP contribution is 2.10. The lowest BCUT2D eigenvalue weighted by molar-refractivity contribution is 0.386. The van der Waals surface area contributed by atoms with E-state index in [9.17, 15) is 4.39 Å². The second-order valence-electron chi connectivity index (χ2n) is 4.49. The molecule has 16 heavy (non-hydrogen) atoms. The van der Waals surface area contributed by atoms with E-state index in [1.54, 1.807) is 6.07 Å². The molecule has 1 aromatic carbocycles. The topological polar surface area (TPSA) is 24.1 Å². The summed E-state index contributed by atoms with van der Waals surface area (Å²) in [5, 5.41) is 6.86. The summed E-state index contributed by atoms with van der Waals surface area (Å²) in [5.74, 6) is -0.120. The lowest BCUT2D eigenvalue weighted by Crippen LogP contribution is -2.39. The molecule has 88 valence electrons. The largest absolute Gasteiger partial charge is 0.317 e. The van der Waals surface area contributed by atoms with Gasteiger partial charge in [-0.05, 0) is 50.0 Å². The standard InChI is InChI=1S/C13H19FN2/c1-10-8-11(2-3-13(10)14)9-16-12-4-6-15-7-5-12/h2-3,8,12,15-16H,4-7,9H2,1H3. The van der Waals surface area contributed by atoms with Gasteiger partial charge >= 0.3 is 0 Å². The molecular formula is C13H19FN2. The first-order valence-electron chi connectivity index (χ1n) is 5.95. The van der Waals surface area contributed by atoms with Gasteiger partial charge in [0, 0.05) is 12.6 Å². The number of halogens is 1. The van der Waals surface area contributed by atoms with Crippen molar-refractivity contribution >= 4 is 0 Å². The van der Waals surface area contributed by atoms with Crippen molar-refractivity contribution in [2.45, 2.75) is 32.4 Å². The molecule has 1 aliphatic heterocycles. The van der Waals surface area contributed by atoms with E-state index in [4.69, 9.17) is 0 Å². The maximum Gasteiger partial charge on any atom is 0.126 e. The molecule has 2 nitrogen and oxygen atoms in total. The Morgan fingerprint density at radius 2 is 2.12 bits per heavy atom.